The van der Waals surface area contributed by atoms with Crippen molar-refractivity contribution in [3.8, 4) is 0 Å². The molecule has 3 rings (SSSR count). The molecule has 2 heterocycles. The fraction of sp³-hybridized carbons (Fsp3) is 0.579. The molecule has 0 spiro atoms. The minimum absolute atomic E-state index is 0.0705. The van der Waals surface area contributed by atoms with Crippen molar-refractivity contribution in [2.75, 3.05) is 50.9 Å². The number of benzene rings is 1. The Kier molecular flexibility index (Phi) is 6.69. The average Bonchev–Trinajstić information content (AvgIpc) is 2.72. The van der Waals surface area contributed by atoms with Gasteiger partial charge in [0.2, 0.25) is 10.0 Å². The summed E-state index contributed by atoms with van der Waals surface area (Å²) in [6, 6.07) is 4.56. The first-order valence-electron chi connectivity index (χ1n) is 9.53. The maximum absolute atomic E-state index is 13.0. The van der Waals surface area contributed by atoms with Gasteiger partial charge in [0.25, 0.3) is 0 Å². The van der Waals surface area contributed by atoms with Gasteiger partial charge in [0.15, 0.2) is 5.78 Å². The number of nitrogens with zero attached hydrogens (tertiary/aromatic N) is 2. The number of ketones is 1. The molecule has 2 aliphatic rings. The molecular formula is C19H26N2O6S. The molecule has 0 atom stereocenters. The molecule has 0 N–H and O–H groups in total. The number of piperidine rings is 1. The highest BCUT2D eigenvalue weighted by atomic mass is 32.2. The van der Waals surface area contributed by atoms with Crippen LogP contribution in [-0.2, 0) is 24.3 Å². The van der Waals surface area contributed by atoms with Gasteiger partial charge in [-0.15, -0.1) is 0 Å². The van der Waals surface area contributed by atoms with E-state index in [1.807, 2.05) is 4.90 Å². The van der Waals surface area contributed by atoms with E-state index < -0.39 is 16.0 Å². The van der Waals surface area contributed by atoms with Crippen LogP contribution in [-0.4, -0.2) is 70.5 Å². The minimum Gasteiger partial charge on any atom is -0.454 e. The summed E-state index contributed by atoms with van der Waals surface area (Å²) in [5, 5.41) is 0. The number of rotatable bonds is 6. The zero-order valence-corrected chi connectivity index (χ0v) is 16.9. The van der Waals surface area contributed by atoms with Gasteiger partial charge in [-0.05, 0) is 38.0 Å². The lowest BCUT2D eigenvalue weighted by molar-refractivity contribution is -0.120. The summed E-state index contributed by atoms with van der Waals surface area (Å²) in [5.41, 5.74) is 0.746. The molecule has 0 aromatic heterocycles. The molecule has 0 bridgehead atoms. The fourth-order valence-corrected chi connectivity index (χ4v) is 4.96. The summed E-state index contributed by atoms with van der Waals surface area (Å²) in [6.07, 6.45) is 2.68. The van der Waals surface area contributed by atoms with Gasteiger partial charge >= 0.3 is 5.97 Å². The molecule has 0 aliphatic carbocycles. The SMILES string of the molecule is CC(=O)COC(=O)c1cc(S(=O)(=O)N2CCCCC2)ccc1N1CCOCC1. The van der Waals surface area contributed by atoms with E-state index in [-0.39, 0.29) is 22.8 Å². The predicted octanol–water partition coefficient (Wildman–Crippen LogP) is 1.44. The Morgan fingerprint density at radius 1 is 1.07 bits per heavy atom. The molecule has 9 heteroatoms. The Bertz CT molecular complexity index is 827. The first-order valence-corrected chi connectivity index (χ1v) is 11.0. The van der Waals surface area contributed by atoms with Crippen LogP contribution in [0.25, 0.3) is 0 Å². The quantitative estimate of drug-likeness (QED) is 0.655. The molecule has 8 nitrogen and oxygen atoms in total. The zero-order valence-electron chi connectivity index (χ0n) is 16.1. The number of carbonyl (C=O) groups is 2. The predicted molar refractivity (Wildman–Crippen MR) is 103 cm³/mol. The van der Waals surface area contributed by atoms with Crippen molar-refractivity contribution in [1.82, 2.24) is 4.31 Å². The number of ether oxygens (including phenoxy) is 2. The first kappa shape index (κ1) is 20.8. The highest BCUT2D eigenvalue weighted by Gasteiger charge is 2.29. The van der Waals surface area contributed by atoms with E-state index in [0.717, 1.165) is 19.3 Å². The molecule has 0 amide bonds. The third kappa shape index (κ3) is 4.71. The fourth-order valence-electron chi connectivity index (χ4n) is 3.42. The maximum atomic E-state index is 13.0. The third-order valence-corrected chi connectivity index (χ3v) is 6.79. The maximum Gasteiger partial charge on any atom is 0.340 e. The summed E-state index contributed by atoms with van der Waals surface area (Å²) in [6.45, 7) is 4.18. The summed E-state index contributed by atoms with van der Waals surface area (Å²) in [7, 11) is -3.68. The number of hydrogen-bond acceptors (Lipinski definition) is 7. The van der Waals surface area contributed by atoms with Crippen molar-refractivity contribution in [2.45, 2.75) is 31.1 Å². The largest absolute Gasteiger partial charge is 0.454 e. The van der Waals surface area contributed by atoms with Crippen LogP contribution in [0.5, 0.6) is 0 Å². The van der Waals surface area contributed by atoms with Crippen LogP contribution in [0.4, 0.5) is 5.69 Å². The van der Waals surface area contributed by atoms with E-state index in [2.05, 4.69) is 0 Å². The van der Waals surface area contributed by atoms with Crippen molar-refractivity contribution in [3.05, 3.63) is 23.8 Å². The topological polar surface area (TPSA) is 93.2 Å². The number of carbonyl (C=O) groups excluding carboxylic acids is 2. The summed E-state index contributed by atoms with van der Waals surface area (Å²) in [5.74, 6) is -0.981. The van der Waals surface area contributed by atoms with E-state index in [1.165, 1.54) is 23.4 Å². The number of morpholine rings is 1. The molecule has 2 fully saturated rings. The first-order chi connectivity index (χ1) is 13.4. The van der Waals surface area contributed by atoms with Crippen LogP contribution >= 0.6 is 0 Å². The molecule has 1 aromatic carbocycles. The van der Waals surface area contributed by atoms with E-state index in [4.69, 9.17) is 9.47 Å². The molecule has 0 unspecified atom stereocenters. The van der Waals surface area contributed by atoms with E-state index in [0.29, 0.717) is 45.1 Å². The van der Waals surface area contributed by atoms with Crippen molar-refractivity contribution < 1.29 is 27.5 Å². The van der Waals surface area contributed by atoms with Crippen LogP contribution in [0.3, 0.4) is 0 Å². The number of sulfonamides is 1. The van der Waals surface area contributed by atoms with Crippen LogP contribution in [0, 0.1) is 0 Å². The molecule has 0 radical (unpaired) electrons. The molecule has 154 valence electrons. The Morgan fingerprint density at radius 3 is 2.39 bits per heavy atom. The standard InChI is InChI=1S/C19H26N2O6S/c1-15(22)14-27-19(23)17-13-16(28(24,25)21-7-3-2-4-8-21)5-6-18(17)20-9-11-26-12-10-20/h5-6,13H,2-4,7-12,14H2,1H3. The Labute approximate surface area is 165 Å². The number of anilines is 1. The van der Waals surface area contributed by atoms with Gasteiger partial charge in [0, 0.05) is 26.2 Å². The van der Waals surface area contributed by atoms with Crippen LogP contribution < -0.4 is 4.90 Å². The monoisotopic (exact) mass is 410 g/mol. The average molecular weight is 410 g/mol. The van der Waals surface area contributed by atoms with Crippen molar-refractivity contribution in [2.24, 2.45) is 0 Å². The highest BCUT2D eigenvalue weighted by molar-refractivity contribution is 7.89. The van der Waals surface area contributed by atoms with Gasteiger partial charge in [-0.25, -0.2) is 13.2 Å². The van der Waals surface area contributed by atoms with Gasteiger partial charge in [-0.2, -0.15) is 4.31 Å². The van der Waals surface area contributed by atoms with E-state index in [1.54, 1.807) is 6.07 Å². The molecule has 2 saturated heterocycles. The Balaban J connectivity index is 1.95. The lowest BCUT2D eigenvalue weighted by Gasteiger charge is -2.31. The number of hydrogen-bond donors (Lipinski definition) is 0. The normalized spacial score (nSPS) is 18.7. The lowest BCUT2D eigenvalue weighted by atomic mass is 10.1. The zero-order chi connectivity index (χ0) is 20.1. The molecule has 2 aliphatic heterocycles. The molecule has 28 heavy (non-hydrogen) atoms. The summed E-state index contributed by atoms with van der Waals surface area (Å²) in [4.78, 5) is 25.9. The Hall–Kier alpha value is -1.97. The summed E-state index contributed by atoms with van der Waals surface area (Å²) >= 11 is 0. The minimum atomic E-state index is -3.68. The van der Waals surface area contributed by atoms with Gasteiger partial charge in [0.1, 0.15) is 6.61 Å². The van der Waals surface area contributed by atoms with Crippen LogP contribution in [0.15, 0.2) is 23.1 Å². The van der Waals surface area contributed by atoms with Gasteiger partial charge in [-0.3, -0.25) is 4.79 Å². The number of Topliss-reactive ketones (excluding diaryl/α,β-unsaturated/α-hetero) is 1. The highest BCUT2D eigenvalue weighted by Crippen LogP contribution is 2.28. The lowest BCUT2D eigenvalue weighted by Crippen LogP contribution is -2.38. The van der Waals surface area contributed by atoms with Crippen molar-refractivity contribution >= 4 is 27.5 Å². The van der Waals surface area contributed by atoms with Crippen LogP contribution in [0.2, 0.25) is 0 Å². The molecule has 0 saturated carbocycles. The smallest absolute Gasteiger partial charge is 0.340 e. The van der Waals surface area contributed by atoms with Gasteiger partial charge < -0.3 is 14.4 Å². The van der Waals surface area contributed by atoms with Crippen molar-refractivity contribution in [1.29, 1.82) is 0 Å². The van der Waals surface area contributed by atoms with Crippen LogP contribution in [0.1, 0.15) is 36.5 Å². The summed E-state index contributed by atoms with van der Waals surface area (Å²) < 4.78 is 37.9. The van der Waals surface area contributed by atoms with Gasteiger partial charge in [-0.1, -0.05) is 6.42 Å². The second-order valence-corrected chi connectivity index (χ2v) is 8.96. The van der Waals surface area contributed by atoms with Gasteiger partial charge in [0.05, 0.1) is 29.4 Å². The number of esters is 1. The van der Waals surface area contributed by atoms with Crippen molar-refractivity contribution in [3.63, 3.8) is 0 Å². The van der Waals surface area contributed by atoms with E-state index in [9.17, 15) is 18.0 Å². The molecular weight excluding hydrogens is 384 g/mol. The second kappa shape index (κ2) is 9.02. The van der Waals surface area contributed by atoms with E-state index >= 15 is 0 Å². The second-order valence-electron chi connectivity index (χ2n) is 7.02. The molecule has 1 aromatic rings. The Morgan fingerprint density at radius 2 is 1.75 bits per heavy atom. The third-order valence-electron chi connectivity index (χ3n) is 4.90.